The standard InChI is InChI=1S/C22H23N3O5/c1-13(2)15-7-9-17(10-8-15)22(4)20(27)24(21(28)23-22)12-19(26)16-6-5-14(3)18(11-16)25(29)30/h5-11,13H,12H2,1-4H3,(H,23,28)/t22-/m1/s1. The van der Waals surface area contributed by atoms with Gasteiger partial charge in [0.05, 0.1) is 11.5 Å². The number of aryl methyl sites for hydroxylation is 1. The molecular formula is C22H23N3O5. The van der Waals surface area contributed by atoms with E-state index in [4.69, 9.17) is 0 Å². The van der Waals surface area contributed by atoms with Gasteiger partial charge in [0.2, 0.25) is 0 Å². The van der Waals surface area contributed by atoms with Crippen LogP contribution >= 0.6 is 0 Å². The summed E-state index contributed by atoms with van der Waals surface area (Å²) in [5.74, 6) is -0.769. The lowest BCUT2D eigenvalue weighted by atomic mass is 9.90. The molecular weight excluding hydrogens is 386 g/mol. The van der Waals surface area contributed by atoms with Gasteiger partial charge in [-0.05, 0) is 30.9 Å². The summed E-state index contributed by atoms with van der Waals surface area (Å²) in [4.78, 5) is 49.6. The van der Waals surface area contributed by atoms with E-state index in [2.05, 4.69) is 19.2 Å². The third kappa shape index (κ3) is 3.68. The van der Waals surface area contributed by atoms with Crippen LogP contribution in [0.5, 0.6) is 0 Å². The first-order chi connectivity index (χ1) is 14.0. The molecule has 30 heavy (non-hydrogen) atoms. The van der Waals surface area contributed by atoms with Crippen LogP contribution in [0.1, 0.15) is 53.7 Å². The highest BCUT2D eigenvalue weighted by Crippen LogP contribution is 2.30. The number of imide groups is 1. The molecule has 1 aliphatic rings. The Morgan fingerprint density at radius 1 is 1.17 bits per heavy atom. The van der Waals surface area contributed by atoms with Crippen LogP contribution in [0.3, 0.4) is 0 Å². The molecule has 0 unspecified atom stereocenters. The van der Waals surface area contributed by atoms with Gasteiger partial charge in [0.1, 0.15) is 5.54 Å². The molecule has 0 saturated carbocycles. The van der Waals surface area contributed by atoms with Crippen molar-refractivity contribution >= 4 is 23.4 Å². The molecule has 1 aliphatic heterocycles. The van der Waals surface area contributed by atoms with Crippen LogP contribution in [0, 0.1) is 17.0 Å². The fourth-order valence-electron chi connectivity index (χ4n) is 3.45. The molecule has 2 aromatic rings. The van der Waals surface area contributed by atoms with Gasteiger partial charge >= 0.3 is 6.03 Å². The summed E-state index contributed by atoms with van der Waals surface area (Å²) in [6.07, 6.45) is 0. The largest absolute Gasteiger partial charge is 0.325 e. The summed E-state index contributed by atoms with van der Waals surface area (Å²) >= 11 is 0. The number of carbonyl (C=O) groups excluding carboxylic acids is 3. The summed E-state index contributed by atoms with van der Waals surface area (Å²) in [6, 6.07) is 10.8. The Bertz CT molecular complexity index is 1050. The van der Waals surface area contributed by atoms with Crippen molar-refractivity contribution in [3.05, 3.63) is 74.8 Å². The molecule has 0 bridgehead atoms. The van der Waals surface area contributed by atoms with E-state index in [0.717, 1.165) is 10.5 Å². The quantitative estimate of drug-likeness (QED) is 0.339. The van der Waals surface area contributed by atoms with Gasteiger partial charge in [-0.2, -0.15) is 0 Å². The number of hydrogen-bond donors (Lipinski definition) is 1. The zero-order chi connectivity index (χ0) is 22.2. The van der Waals surface area contributed by atoms with Crippen molar-refractivity contribution < 1.29 is 19.3 Å². The molecule has 1 fully saturated rings. The molecule has 0 spiro atoms. The molecule has 0 aliphatic carbocycles. The van der Waals surface area contributed by atoms with E-state index in [9.17, 15) is 24.5 Å². The Morgan fingerprint density at radius 3 is 2.37 bits per heavy atom. The molecule has 0 radical (unpaired) electrons. The molecule has 1 heterocycles. The average molecular weight is 409 g/mol. The average Bonchev–Trinajstić information content (AvgIpc) is 2.92. The molecule has 1 N–H and O–H groups in total. The number of urea groups is 1. The van der Waals surface area contributed by atoms with Gasteiger partial charge in [-0.3, -0.25) is 24.6 Å². The van der Waals surface area contributed by atoms with Crippen molar-refractivity contribution in [3.63, 3.8) is 0 Å². The Labute approximate surface area is 174 Å². The Hall–Kier alpha value is -3.55. The van der Waals surface area contributed by atoms with E-state index in [1.165, 1.54) is 18.2 Å². The monoisotopic (exact) mass is 409 g/mol. The van der Waals surface area contributed by atoms with Crippen LogP contribution < -0.4 is 5.32 Å². The first-order valence-corrected chi connectivity index (χ1v) is 9.57. The Kier molecular flexibility index (Phi) is 5.43. The van der Waals surface area contributed by atoms with Gasteiger partial charge in [-0.15, -0.1) is 0 Å². The van der Waals surface area contributed by atoms with Gasteiger partial charge in [0, 0.05) is 17.2 Å². The minimum Gasteiger partial charge on any atom is -0.319 e. The number of nitrogens with one attached hydrogen (secondary N) is 1. The minimum absolute atomic E-state index is 0.0720. The number of carbonyl (C=O) groups is 3. The number of nitrogens with zero attached hydrogens (tertiary/aromatic N) is 2. The van der Waals surface area contributed by atoms with Crippen LogP contribution in [0.2, 0.25) is 0 Å². The van der Waals surface area contributed by atoms with E-state index in [0.29, 0.717) is 17.0 Å². The predicted octanol–water partition coefficient (Wildman–Crippen LogP) is 3.68. The summed E-state index contributed by atoms with van der Waals surface area (Å²) in [6.45, 7) is 6.78. The van der Waals surface area contributed by atoms with Crippen LogP contribution in [0.4, 0.5) is 10.5 Å². The van der Waals surface area contributed by atoms with Crippen LogP contribution in [-0.2, 0) is 10.3 Å². The molecule has 8 heteroatoms. The molecule has 1 atom stereocenters. The number of ketones is 1. The van der Waals surface area contributed by atoms with Crippen molar-refractivity contribution in [2.45, 2.75) is 39.2 Å². The minimum atomic E-state index is -1.29. The maximum atomic E-state index is 13.0. The summed E-state index contributed by atoms with van der Waals surface area (Å²) in [5, 5.41) is 13.8. The highest BCUT2D eigenvalue weighted by atomic mass is 16.6. The maximum Gasteiger partial charge on any atom is 0.325 e. The zero-order valence-corrected chi connectivity index (χ0v) is 17.3. The van der Waals surface area contributed by atoms with E-state index in [1.807, 2.05) is 12.1 Å². The number of benzene rings is 2. The fraction of sp³-hybridized carbons (Fsp3) is 0.318. The van der Waals surface area contributed by atoms with Gasteiger partial charge in [0.15, 0.2) is 5.78 Å². The summed E-state index contributed by atoms with van der Waals surface area (Å²) in [7, 11) is 0. The molecule has 0 aromatic heterocycles. The summed E-state index contributed by atoms with van der Waals surface area (Å²) < 4.78 is 0. The Morgan fingerprint density at radius 2 is 1.80 bits per heavy atom. The topological polar surface area (TPSA) is 110 Å². The van der Waals surface area contributed by atoms with Gasteiger partial charge in [-0.25, -0.2) is 4.79 Å². The Balaban J connectivity index is 1.83. The van der Waals surface area contributed by atoms with Crippen molar-refractivity contribution in [3.8, 4) is 0 Å². The van der Waals surface area contributed by atoms with Crippen LogP contribution in [-0.4, -0.2) is 34.1 Å². The second-order valence-corrected chi connectivity index (χ2v) is 7.90. The zero-order valence-electron chi connectivity index (χ0n) is 17.3. The van der Waals surface area contributed by atoms with E-state index < -0.39 is 34.7 Å². The van der Waals surface area contributed by atoms with Crippen molar-refractivity contribution in [1.82, 2.24) is 10.2 Å². The first-order valence-electron chi connectivity index (χ1n) is 9.57. The van der Waals surface area contributed by atoms with E-state index in [1.54, 1.807) is 26.0 Å². The number of nitro groups is 1. The van der Waals surface area contributed by atoms with E-state index >= 15 is 0 Å². The van der Waals surface area contributed by atoms with Crippen molar-refractivity contribution in [2.75, 3.05) is 6.54 Å². The lowest BCUT2D eigenvalue weighted by Gasteiger charge is -2.22. The van der Waals surface area contributed by atoms with Crippen LogP contribution in [0.25, 0.3) is 0 Å². The number of hydrogen-bond acceptors (Lipinski definition) is 5. The van der Waals surface area contributed by atoms with Gasteiger partial charge in [0.25, 0.3) is 11.6 Å². The molecule has 3 rings (SSSR count). The van der Waals surface area contributed by atoms with Crippen molar-refractivity contribution in [1.29, 1.82) is 0 Å². The normalized spacial score (nSPS) is 18.6. The smallest absolute Gasteiger partial charge is 0.319 e. The second-order valence-electron chi connectivity index (χ2n) is 7.90. The molecule has 8 nitrogen and oxygen atoms in total. The third-order valence-electron chi connectivity index (χ3n) is 5.46. The summed E-state index contributed by atoms with van der Waals surface area (Å²) in [5.41, 5.74) is 0.741. The fourth-order valence-corrected chi connectivity index (χ4v) is 3.45. The van der Waals surface area contributed by atoms with Gasteiger partial charge < -0.3 is 5.32 Å². The lowest BCUT2D eigenvalue weighted by Crippen LogP contribution is -2.41. The molecule has 3 amide bonds. The first kappa shape index (κ1) is 21.2. The highest BCUT2D eigenvalue weighted by molar-refractivity contribution is 6.11. The highest BCUT2D eigenvalue weighted by Gasteiger charge is 2.49. The van der Waals surface area contributed by atoms with Gasteiger partial charge in [-0.1, -0.05) is 50.2 Å². The molecule has 156 valence electrons. The molecule has 2 aromatic carbocycles. The van der Waals surface area contributed by atoms with E-state index in [-0.39, 0.29) is 11.3 Å². The lowest BCUT2D eigenvalue weighted by molar-refractivity contribution is -0.385. The number of rotatable bonds is 6. The van der Waals surface area contributed by atoms with Crippen LogP contribution in [0.15, 0.2) is 42.5 Å². The number of amides is 3. The SMILES string of the molecule is Cc1ccc(C(=O)CN2C(=O)N[C@](C)(c3ccc(C(C)C)cc3)C2=O)cc1[N+](=O)[O-]. The predicted molar refractivity (Wildman–Crippen MR) is 110 cm³/mol. The maximum absolute atomic E-state index is 13.0. The second kappa shape index (κ2) is 7.70. The molecule has 1 saturated heterocycles. The van der Waals surface area contributed by atoms with Crippen molar-refractivity contribution in [2.24, 2.45) is 0 Å². The number of Topliss-reactive ketones (excluding diaryl/α,β-unsaturated/α-hetero) is 1. The third-order valence-corrected chi connectivity index (χ3v) is 5.46. The number of nitro benzene ring substituents is 1.